The molecule has 0 aliphatic heterocycles. The lowest BCUT2D eigenvalue weighted by Gasteiger charge is -2.15. The molecule has 0 radical (unpaired) electrons. The number of ether oxygens (including phenoxy) is 1. The van der Waals surface area contributed by atoms with Gasteiger partial charge in [-0.15, -0.1) is 12.4 Å². The second-order valence-electron chi connectivity index (χ2n) is 7.63. The zero-order valence-corrected chi connectivity index (χ0v) is 18.6. The molecule has 3 heteroatoms. The molecular formula is C26H34ClNO. The summed E-state index contributed by atoms with van der Waals surface area (Å²) in [6, 6.07) is 21.4. The highest BCUT2D eigenvalue weighted by Crippen LogP contribution is 2.29. The summed E-state index contributed by atoms with van der Waals surface area (Å²) in [5, 5.41) is 6.19. The van der Waals surface area contributed by atoms with E-state index in [2.05, 4.69) is 79.8 Å². The molecule has 0 heterocycles. The first-order valence-corrected chi connectivity index (χ1v) is 10.7. The van der Waals surface area contributed by atoms with Gasteiger partial charge in [-0.1, -0.05) is 92.8 Å². The van der Waals surface area contributed by atoms with Crippen molar-refractivity contribution in [1.82, 2.24) is 5.32 Å². The third-order valence-electron chi connectivity index (χ3n) is 5.27. The fourth-order valence-electron chi connectivity index (χ4n) is 3.55. The Balaban J connectivity index is 0.00000300. The molecule has 0 saturated carbocycles. The molecule has 0 spiro atoms. The Morgan fingerprint density at radius 2 is 1.59 bits per heavy atom. The molecule has 0 saturated heterocycles. The number of hydrogen-bond donors (Lipinski definition) is 1. The minimum Gasteiger partial charge on any atom is -0.489 e. The van der Waals surface area contributed by atoms with Gasteiger partial charge in [0, 0.05) is 12.1 Å². The summed E-state index contributed by atoms with van der Waals surface area (Å²) >= 11 is 0. The van der Waals surface area contributed by atoms with Crippen LogP contribution in [0.3, 0.4) is 0 Å². The predicted octanol–water partition coefficient (Wildman–Crippen LogP) is 7.21. The lowest BCUT2D eigenvalue weighted by molar-refractivity contribution is 0.302. The number of fused-ring (bicyclic) bond motifs is 1. The van der Waals surface area contributed by atoms with Crippen LogP contribution in [0.1, 0.15) is 55.7 Å². The second kappa shape index (κ2) is 12.5. The first kappa shape index (κ1) is 23.3. The fourth-order valence-corrected chi connectivity index (χ4v) is 3.55. The third-order valence-corrected chi connectivity index (χ3v) is 5.27. The van der Waals surface area contributed by atoms with Crippen LogP contribution in [0.2, 0.25) is 0 Å². The molecule has 156 valence electrons. The van der Waals surface area contributed by atoms with E-state index in [1.807, 2.05) is 0 Å². The van der Waals surface area contributed by atoms with Crippen LogP contribution < -0.4 is 10.1 Å². The summed E-state index contributed by atoms with van der Waals surface area (Å²) in [5.74, 6) is 0.984. The Labute approximate surface area is 182 Å². The first-order valence-electron chi connectivity index (χ1n) is 10.7. The highest BCUT2D eigenvalue weighted by atomic mass is 35.5. The molecule has 3 rings (SSSR count). The molecule has 29 heavy (non-hydrogen) atoms. The van der Waals surface area contributed by atoms with Gasteiger partial charge in [0.2, 0.25) is 0 Å². The van der Waals surface area contributed by atoms with Gasteiger partial charge in [0.05, 0.1) is 0 Å². The molecule has 2 nitrogen and oxygen atoms in total. The van der Waals surface area contributed by atoms with Crippen LogP contribution in [0.5, 0.6) is 5.75 Å². The summed E-state index contributed by atoms with van der Waals surface area (Å²) in [5.41, 5.74) is 3.74. The SMILES string of the molecule is CCCCCCCNCc1c(OCc2ccc(C)cc2)ccc2ccccc12.Cl. The predicted molar refractivity (Wildman–Crippen MR) is 127 cm³/mol. The maximum absolute atomic E-state index is 6.24. The topological polar surface area (TPSA) is 21.3 Å². The number of rotatable bonds is 11. The van der Waals surface area contributed by atoms with Gasteiger partial charge in [0.15, 0.2) is 0 Å². The molecule has 1 N–H and O–H groups in total. The quantitative estimate of drug-likeness (QED) is 0.336. The zero-order chi connectivity index (χ0) is 19.6. The third kappa shape index (κ3) is 7.06. The molecule has 0 aliphatic rings. The van der Waals surface area contributed by atoms with Crippen molar-refractivity contribution in [2.75, 3.05) is 6.54 Å². The summed E-state index contributed by atoms with van der Waals surface area (Å²) in [7, 11) is 0. The minimum absolute atomic E-state index is 0. The van der Waals surface area contributed by atoms with Gasteiger partial charge in [-0.05, 0) is 42.3 Å². The number of unbranched alkanes of at least 4 members (excludes halogenated alkanes) is 4. The average molecular weight is 412 g/mol. The standard InChI is InChI=1S/C26H33NO.ClH/c1-3-4-5-6-9-18-27-19-25-24-11-8-7-10-23(24)16-17-26(25)28-20-22-14-12-21(2)13-15-22;/h7-8,10-17,27H,3-6,9,18-20H2,1-2H3;1H. The van der Waals surface area contributed by atoms with Crippen molar-refractivity contribution in [3.63, 3.8) is 0 Å². The Morgan fingerprint density at radius 1 is 0.828 bits per heavy atom. The van der Waals surface area contributed by atoms with Crippen LogP contribution in [0.4, 0.5) is 0 Å². The molecule has 3 aromatic carbocycles. The Kier molecular flexibility index (Phi) is 10.0. The van der Waals surface area contributed by atoms with E-state index < -0.39 is 0 Å². The molecule has 0 amide bonds. The zero-order valence-electron chi connectivity index (χ0n) is 17.7. The van der Waals surface area contributed by atoms with Gasteiger partial charge in [-0.2, -0.15) is 0 Å². The fraction of sp³-hybridized carbons (Fsp3) is 0.385. The molecule has 3 aromatic rings. The van der Waals surface area contributed by atoms with Crippen LogP contribution in [-0.2, 0) is 13.2 Å². The van der Waals surface area contributed by atoms with Gasteiger partial charge >= 0.3 is 0 Å². The highest BCUT2D eigenvalue weighted by Gasteiger charge is 2.09. The van der Waals surface area contributed by atoms with E-state index in [9.17, 15) is 0 Å². The van der Waals surface area contributed by atoms with Crippen molar-refractivity contribution < 1.29 is 4.74 Å². The van der Waals surface area contributed by atoms with E-state index in [0.29, 0.717) is 6.61 Å². The van der Waals surface area contributed by atoms with Gasteiger partial charge in [0.25, 0.3) is 0 Å². The van der Waals surface area contributed by atoms with Crippen molar-refractivity contribution in [3.8, 4) is 5.75 Å². The van der Waals surface area contributed by atoms with Gasteiger partial charge in [0.1, 0.15) is 12.4 Å². The van der Waals surface area contributed by atoms with E-state index in [-0.39, 0.29) is 12.4 Å². The molecule has 0 aromatic heterocycles. The average Bonchev–Trinajstić information content (AvgIpc) is 2.73. The Hall–Kier alpha value is -2.03. The molecule has 0 aliphatic carbocycles. The lowest BCUT2D eigenvalue weighted by Crippen LogP contribution is -2.16. The highest BCUT2D eigenvalue weighted by molar-refractivity contribution is 5.87. The lowest BCUT2D eigenvalue weighted by atomic mass is 10.0. The van der Waals surface area contributed by atoms with Crippen LogP contribution in [-0.4, -0.2) is 6.54 Å². The summed E-state index contributed by atoms with van der Waals surface area (Å²) in [4.78, 5) is 0. The van der Waals surface area contributed by atoms with Crippen molar-refractivity contribution in [2.24, 2.45) is 0 Å². The van der Waals surface area contributed by atoms with Crippen LogP contribution in [0.25, 0.3) is 10.8 Å². The molecular weight excluding hydrogens is 378 g/mol. The van der Waals surface area contributed by atoms with E-state index in [0.717, 1.165) is 18.8 Å². The van der Waals surface area contributed by atoms with E-state index >= 15 is 0 Å². The number of aryl methyl sites for hydroxylation is 1. The molecule has 0 atom stereocenters. The van der Waals surface area contributed by atoms with E-state index in [1.165, 1.54) is 59.6 Å². The molecule has 0 bridgehead atoms. The summed E-state index contributed by atoms with van der Waals surface area (Å²) in [6.45, 7) is 6.88. The van der Waals surface area contributed by atoms with Crippen molar-refractivity contribution in [3.05, 3.63) is 77.4 Å². The normalized spacial score (nSPS) is 10.7. The summed E-state index contributed by atoms with van der Waals surface area (Å²) < 4.78 is 6.24. The van der Waals surface area contributed by atoms with Crippen LogP contribution >= 0.6 is 12.4 Å². The molecule has 0 fully saturated rings. The summed E-state index contributed by atoms with van der Waals surface area (Å²) in [6.07, 6.45) is 6.54. The van der Waals surface area contributed by atoms with Gasteiger partial charge in [-0.25, -0.2) is 0 Å². The Morgan fingerprint density at radius 3 is 2.38 bits per heavy atom. The van der Waals surface area contributed by atoms with E-state index in [1.54, 1.807) is 0 Å². The molecule has 0 unspecified atom stereocenters. The van der Waals surface area contributed by atoms with Gasteiger partial charge < -0.3 is 10.1 Å². The Bertz CT molecular complexity index is 860. The second-order valence-corrected chi connectivity index (χ2v) is 7.63. The van der Waals surface area contributed by atoms with Crippen LogP contribution in [0.15, 0.2) is 60.7 Å². The van der Waals surface area contributed by atoms with Crippen molar-refractivity contribution in [2.45, 2.75) is 59.1 Å². The van der Waals surface area contributed by atoms with Crippen molar-refractivity contribution >= 4 is 23.2 Å². The maximum atomic E-state index is 6.24. The number of nitrogens with one attached hydrogen (secondary N) is 1. The van der Waals surface area contributed by atoms with E-state index in [4.69, 9.17) is 4.74 Å². The van der Waals surface area contributed by atoms with Gasteiger partial charge in [-0.3, -0.25) is 0 Å². The van der Waals surface area contributed by atoms with Crippen molar-refractivity contribution in [1.29, 1.82) is 0 Å². The smallest absolute Gasteiger partial charge is 0.124 e. The first-order chi connectivity index (χ1) is 13.8. The minimum atomic E-state index is 0. The number of hydrogen-bond acceptors (Lipinski definition) is 2. The largest absolute Gasteiger partial charge is 0.489 e. The maximum Gasteiger partial charge on any atom is 0.124 e. The number of benzene rings is 3. The monoisotopic (exact) mass is 411 g/mol. The van der Waals surface area contributed by atoms with Crippen LogP contribution in [0, 0.1) is 6.92 Å². The number of halogens is 1.